The molecule has 3 N–H and O–H groups in total. The SMILES string of the molecule is Cl.Cl.OC1(CNCc2ccccc2)CCNCC1. The third kappa shape index (κ3) is 5.55. The van der Waals surface area contributed by atoms with Crippen LogP contribution in [0, 0.1) is 0 Å². The van der Waals surface area contributed by atoms with Crippen molar-refractivity contribution >= 4 is 24.8 Å². The second kappa shape index (κ2) is 8.73. The molecule has 1 saturated heterocycles. The van der Waals surface area contributed by atoms with Crippen LogP contribution in [-0.4, -0.2) is 30.3 Å². The Morgan fingerprint density at radius 3 is 2.33 bits per heavy atom. The molecule has 1 fully saturated rings. The summed E-state index contributed by atoms with van der Waals surface area (Å²) in [6, 6.07) is 10.3. The first kappa shape index (κ1) is 17.7. The van der Waals surface area contributed by atoms with Gasteiger partial charge in [-0.05, 0) is 31.5 Å². The maximum absolute atomic E-state index is 10.2. The van der Waals surface area contributed by atoms with Crippen LogP contribution in [0.4, 0.5) is 0 Å². The molecular weight excluding hydrogens is 271 g/mol. The van der Waals surface area contributed by atoms with Gasteiger partial charge in [0, 0.05) is 13.1 Å². The number of rotatable bonds is 4. The zero-order valence-electron chi connectivity index (χ0n) is 10.4. The Labute approximate surface area is 121 Å². The van der Waals surface area contributed by atoms with Gasteiger partial charge in [0.05, 0.1) is 5.60 Å². The van der Waals surface area contributed by atoms with E-state index < -0.39 is 5.60 Å². The lowest BCUT2D eigenvalue weighted by atomic mass is 9.92. The van der Waals surface area contributed by atoms with Gasteiger partial charge in [0.1, 0.15) is 0 Å². The standard InChI is InChI=1S/C13H20N2O.2ClH/c16-13(6-8-14-9-7-13)11-15-10-12-4-2-1-3-5-12;;/h1-5,14-16H,6-11H2;2*1H. The van der Waals surface area contributed by atoms with Crippen molar-refractivity contribution in [3.8, 4) is 0 Å². The first-order chi connectivity index (χ1) is 7.79. The van der Waals surface area contributed by atoms with Gasteiger partial charge in [-0.25, -0.2) is 0 Å². The average Bonchev–Trinajstić information content (AvgIpc) is 2.31. The van der Waals surface area contributed by atoms with Crippen LogP contribution in [0.2, 0.25) is 0 Å². The Hall–Kier alpha value is -0.320. The number of aliphatic hydroxyl groups is 1. The molecule has 1 aromatic carbocycles. The summed E-state index contributed by atoms with van der Waals surface area (Å²) < 4.78 is 0. The molecule has 0 atom stereocenters. The summed E-state index contributed by atoms with van der Waals surface area (Å²) in [5.41, 5.74) is 0.750. The number of halogens is 2. The summed E-state index contributed by atoms with van der Waals surface area (Å²) in [5, 5.41) is 16.8. The third-order valence-corrected chi connectivity index (χ3v) is 3.16. The summed E-state index contributed by atoms with van der Waals surface area (Å²) >= 11 is 0. The Balaban J connectivity index is 0.00000144. The van der Waals surface area contributed by atoms with Crippen LogP contribution in [-0.2, 0) is 6.54 Å². The fourth-order valence-electron chi connectivity index (χ4n) is 2.10. The van der Waals surface area contributed by atoms with Crippen LogP contribution in [0.3, 0.4) is 0 Å². The molecule has 18 heavy (non-hydrogen) atoms. The Morgan fingerprint density at radius 2 is 1.72 bits per heavy atom. The van der Waals surface area contributed by atoms with E-state index in [1.165, 1.54) is 5.56 Å². The van der Waals surface area contributed by atoms with E-state index in [-0.39, 0.29) is 24.8 Å². The number of hydrogen-bond donors (Lipinski definition) is 3. The second-order valence-electron chi connectivity index (χ2n) is 4.56. The molecule has 1 aliphatic rings. The van der Waals surface area contributed by atoms with E-state index >= 15 is 0 Å². The second-order valence-corrected chi connectivity index (χ2v) is 4.56. The lowest BCUT2D eigenvalue weighted by Gasteiger charge is -2.32. The van der Waals surface area contributed by atoms with Crippen LogP contribution in [0.25, 0.3) is 0 Å². The van der Waals surface area contributed by atoms with Crippen molar-refractivity contribution in [2.24, 2.45) is 0 Å². The largest absolute Gasteiger partial charge is 0.388 e. The molecule has 104 valence electrons. The first-order valence-corrected chi connectivity index (χ1v) is 5.96. The Morgan fingerprint density at radius 1 is 1.11 bits per heavy atom. The molecule has 1 heterocycles. The topological polar surface area (TPSA) is 44.3 Å². The van der Waals surface area contributed by atoms with E-state index in [1.807, 2.05) is 18.2 Å². The van der Waals surface area contributed by atoms with Crippen molar-refractivity contribution in [2.45, 2.75) is 25.0 Å². The third-order valence-electron chi connectivity index (χ3n) is 3.16. The quantitative estimate of drug-likeness (QED) is 0.792. The van der Waals surface area contributed by atoms with Gasteiger partial charge in [0.15, 0.2) is 0 Å². The highest BCUT2D eigenvalue weighted by Gasteiger charge is 2.28. The number of nitrogens with one attached hydrogen (secondary N) is 2. The minimum atomic E-state index is -0.514. The van der Waals surface area contributed by atoms with Crippen LogP contribution in [0.5, 0.6) is 0 Å². The predicted octanol–water partition coefficient (Wildman–Crippen LogP) is 1.73. The first-order valence-electron chi connectivity index (χ1n) is 5.96. The lowest BCUT2D eigenvalue weighted by molar-refractivity contribution is 0.0109. The molecular formula is C13H22Cl2N2O. The molecule has 0 unspecified atom stereocenters. The maximum Gasteiger partial charge on any atom is 0.0795 e. The molecule has 1 aromatic rings. The van der Waals surface area contributed by atoms with E-state index in [4.69, 9.17) is 0 Å². The van der Waals surface area contributed by atoms with Gasteiger partial charge < -0.3 is 15.7 Å². The van der Waals surface area contributed by atoms with Gasteiger partial charge in [-0.2, -0.15) is 0 Å². The molecule has 0 radical (unpaired) electrons. The van der Waals surface area contributed by atoms with Crippen LogP contribution < -0.4 is 10.6 Å². The predicted molar refractivity (Wildman–Crippen MR) is 79.7 cm³/mol. The highest BCUT2D eigenvalue weighted by Crippen LogP contribution is 2.16. The molecule has 0 saturated carbocycles. The van der Waals surface area contributed by atoms with Crippen LogP contribution in [0.15, 0.2) is 30.3 Å². The van der Waals surface area contributed by atoms with Crippen molar-refractivity contribution < 1.29 is 5.11 Å². The molecule has 0 aliphatic carbocycles. The van der Waals surface area contributed by atoms with Gasteiger partial charge in [-0.1, -0.05) is 30.3 Å². The van der Waals surface area contributed by atoms with E-state index in [9.17, 15) is 5.11 Å². The summed E-state index contributed by atoms with van der Waals surface area (Å²) in [5.74, 6) is 0. The fourth-order valence-corrected chi connectivity index (χ4v) is 2.10. The van der Waals surface area contributed by atoms with Gasteiger partial charge in [-0.3, -0.25) is 0 Å². The molecule has 0 amide bonds. The minimum absolute atomic E-state index is 0. The number of piperidine rings is 1. The van der Waals surface area contributed by atoms with Crippen molar-refractivity contribution in [3.63, 3.8) is 0 Å². The molecule has 0 bridgehead atoms. The normalized spacial score (nSPS) is 17.4. The van der Waals surface area contributed by atoms with Crippen molar-refractivity contribution in [1.29, 1.82) is 0 Å². The summed E-state index contributed by atoms with van der Waals surface area (Å²) in [6.07, 6.45) is 1.68. The smallest absolute Gasteiger partial charge is 0.0795 e. The summed E-state index contributed by atoms with van der Waals surface area (Å²) in [7, 11) is 0. The van der Waals surface area contributed by atoms with Crippen molar-refractivity contribution in [1.82, 2.24) is 10.6 Å². The fraction of sp³-hybridized carbons (Fsp3) is 0.538. The van der Waals surface area contributed by atoms with E-state index in [1.54, 1.807) is 0 Å². The zero-order valence-corrected chi connectivity index (χ0v) is 12.0. The number of benzene rings is 1. The molecule has 5 heteroatoms. The van der Waals surface area contributed by atoms with E-state index in [2.05, 4.69) is 22.8 Å². The molecule has 2 rings (SSSR count). The van der Waals surface area contributed by atoms with Crippen LogP contribution >= 0.6 is 24.8 Å². The monoisotopic (exact) mass is 292 g/mol. The summed E-state index contributed by atoms with van der Waals surface area (Å²) in [4.78, 5) is 0. The van der Waals surface area contributed by atoms with Crippen molar-refractivity contribution in [3.05, 3.63) is 35.9 Å². The van der Waals surface area contributed by atoms with E-state index in [0.717, 1.165) is 32.5 Å². The molecule has 0 spiro atoms. The Bertz CT molecular complexity index is 316. The summed E-state index contributed by atoms with van der Waals surface area (Å²) in [6.45, 7) is 3.35. The van der Waals surface area contributed by atoms with Crippen LogP contribution in [0.1, 0.15) is 18.4 Å². The highest BCUT2D eigenvalue weighted by molar-refractivity contribution is 5.85. The van der Waals surface area contributed by atoms with Gasteiger partial charge in [0.25, 0.3) is 0 Å². The van der Waals surface area contributed by atoms with E-state index in [0.29, 0.717) is 6.54 Å². The lowest BCUT2D eigenvalue weighted by Crippen LogP contribution is -2.48. The maximum atomic E-state index is 10.2. The zero-order chi connectivity index (χ0) is 11.3. The minimum Gasteiger partial charge on any atom is -0.388 e. The van der Waals surface area contributed by atoms with Crippen molar-refractivity contribution in [2.75, 3.05) is 19.6 Å². The van der Waals surface area contributed by atoms with Gasteiger partial charge >= 0.3 is 0 Å². The molecule has 0 aromatic heterocycles. The molecule has 3 nitrogen and oxygen atoms in total. The Kier molecular flexibility index (Phi) is 8.57. The van der Waals surface area contributed by atoms with Gasteiger partial charge in [-0.15, -0.1) is 24.8 Å². The number of hydrogen-bond acceptors (Lipinski definition) is 3. The average molecular weight is 293 g/mol. The highest BCUT2D eigenvalue weighted by atomic mass is 35.5. The molecule has 1 aliphatic heterocycles. The van der Waals surface area contributed by atoms with Gasteiger partial charge in [0.2, 0.25) is 0 Å².